The number of anilines is 1. The lowest BCUT2D eigenvalue weighted by molar-refractivity contribution is 0.477. The highest BCUT2D eigenvalue weighted by atomic mass is 16.3. The van der Waals surface area contributed by atoms with Gasteiger partial charge < -0.3 is 15.3 Å². The van der Waals surface area contributed by atoms with Gasteiger partial charge in [0.1, 0.15) is 5.75 Å². The predicted molar refractivity (Wildman–Crippen MR) is 111 cm³/mol. The van der Waals surface area contributed by atoms with Crippen molar-refractivity contribution >= 4 is 27.5 Å². The molecule has 2 aromatic carbocycles. The molecule has 7 nitrogen and oxygen atoms in total. The van der Waals surface area contributed by atoms with Crippen molar-refractivity contribution in [1.29, 1.82) is 0 Å². The number of aromatic hydroxyl groups is 1. The zero-order valence-electron chi connectivity index (χ0n) is 15.9. The number of hydrogen-bond acceptors (Lipinski definition) is 6. The number of aromatic nitrogens is 4. The van der Waals surface area contributed by atoms with Crippen LogP contribution in [0.3, 0.4) is 0 Å². The van der Waals surface area contributed by atoms with E-state index in [0.717, 1.165) is 41.4 Å². The highest BCUT2D eigenvalue weighted by Gasteiger charge is 2.17. The van der Waals surface area contributed by atoms with Gasteiger partial charge in [-0.05, 0) is 31.2 Å². The average molecular weight is 374 g/mol. The second-order valence-electron chi connectivity index (χ2n) is 7.47. The Morgan fingerprint density at radius 1 is 1.14 bits per heavy atom. The minimum Gasteiger partial charge on any atom is -0.507 e. The molecule has 1 aliphatic heterocycles. The summed E-state index contributed by atoms with van der Waals surface area (Å²) in [6.45, 7) is 5.18. The molecule has 3 heterocycles. The van der Waals surface area contributed by atoms with Gasteiger partial charge in [0.05, 0.1) is 16.6 Å². The van der Waals surface area contributed by atoms with Gasteiger partial charge in [-0.15, -0.1) is 0 Å². The number of aryl methyl sites for hydroxylation is 1. The van der Waals surface area contributed by atoms with Crippen LogP contribution in [0.2, 0.25) is 0 Å². The summed E-state index contributed by atoms with van der Waals surface area (Å²) < 4.78 is 1.73. The number of phenolic OH excluding ortho intramolecular Hbond substituents is 1. The minimum absolute atomic E-state index is 0.136. The average Bonchev–Trinajstić information content (AvgIpc) is 3.05. The number of piperazine rings is 1. The van der Waals surface area contributed by atoms with Gasteiger partial charge in [0, 0.05) is 67.6 Å². The molecule has 5 rings (SSSR count). The summed E-state index contributed by atoms with van der Waals surface area (Å²) in [4.78, 5) is 11.6. The molecule has 0 aliphatic carbocycles. The Bertz CT molecular complexity index is 1180. The second kappa shape index (κ2) is 6.45. The van der Waals surface area contributed by atoms with Gasteiger partial charge in [-0.1, -0.05) is 0 Å². The predicted octanol–water partition coefficient (Wildman–Crippen LogP) is 2.69. The highest BCUT2D eigenvalue weighted by molar-refractivity contribution is 5.88. The molecule has 2 aromatic heterocycles. The van der Waals surface area contributed by atoms with Crippen LogP contribution in [0.1, 0.15) is 6.92 Å². The molecule has 2 N–H and O–H groups in total. The lowest BCUT2D eigenvalue weighted by atomic mass is 10.1. The lowest BCUT2D eigenvalue weighted by Gasteiger charge is -2.33. The van der Waals surface area contributed by atoms with E-state index in [1.54, 1.807) is 10.7 Å². The Labute approximate surface area is 162 Å². The maximum Gasteiger partial charge on any atom is 0.163 e. The van der Waals surface area contributed by atoms with Crippen molar-refractivity contribution < 1.29 is 5.11 Å². The topological polar surface area (TPSA) is 79.1 Å². The third-order valence-corrected chi connectivity index (χ3v) is 5.27. The van der Waals surface area contributed by atoms with Crippen LogP contribution < -0.4 is 10.2 Å². The van der Waals surface area contributed by atoms with Crippen molar-refractivity contribution in [1.82, 2.24) is 25.1 Å². The Balaban J connectivity index is 1.53. The van der Waals surface area contributed by atoms with Crippen molar-refractivity contribution in [2.45, 2.75) is 13.0 Å². The molecule has 1 unspecified atom stereocenters. The fourth-order valence-electron chi connectivity index (χ4n) is 3.88. The van der Waals surface area contributed by atoms with Crippen LogP contribution in [0.5, 0.6) is 5.75 Å². The van der Waals surface area contributed by atoms with E-state index in [1.807, 2.05) is 31.6 Å². The molecule has 0 radical (unpaired) electrons. The van der Waals surface area contributed by atoms with Gasteiger partial charge in [-0.25, -0.2) is 9.97 Å². The van der Waals surface area contributed by atoms with Crippen LogP contribution in [-0.2, 0) is 7.05 Å². The van der Waals surface area contributed by atoms with E-state index < -0.39 is 0 Å². The van der Waals surface area contributed by atoms with E-state index >= 15 is 0 Å². The molecule has 0 spiro atoms. The van der Waals surface area contributed by atoms with Crippen LogP contribution in [-0.4, -0.2) is 50.5 Å². The number of benzene rings is 2. The van der Waals surface area contributed by atoms with Crippen LogP contribution in [0.25, 0.3) is 33.2 Å². The minimum atomic E-state index is 0.136. The Hall–Kier alpha value is -3.19. The quantitative estimate of drug-likeness (QED) is 0.562. The van der Waals surface area contributed by atoms with Gasteiger partial charge in [-0.3, -0.25) is 4.68 Å². The number of hydrogen-bond donors (Lipinski definition) is 2. The maximum atomic E-state index is 10.4. The van der Waals surface area contributed by atoms with E-state index in [0.29, 0.717) is 17.4 Å². The van der Waals surface area contributed by atoms with Crippen molar-refractivity contribution in [2.75, 3.05) is 24.5 Å². The molecule has 142 valence electrons. The van der Waals surface area contributed by atoms with Crippen LogP contribution in [0.4, 0.5) is 5.69 Å². The van der Waals surface area contributed by atoms with E-state index in [-0.39, 0.29) is 5.75 Å². The maximum absolute atomic E-state index is 10.4. The van der Waals surface area contributed by atoms with Crippen LogP contribution >= 0.6 is 0 Å². The molecular weight excluding hydrogens is 352 g/mol. The molecule has 0 bridgehead atoms. The first-order valence-electron chi connectivity index (χ1n) is 9.49. The largest absolute Gasteiger partial charge is 0.507 e. The number of fused-ring (bicyclic) bond motifs is 2. The Morgan fingerprint density at radius 3 is 2.89 bits per heavy atom. The fourth-order valence-corrected chi connectivity index (χ4v) is 3.88. The standard InChI is InChI=1S/C21H22N6O/c1-13-11-27(6-5-22-13)16-3-4-18-14(7-16)10-23-21(24-18)17-8-15-12-26(2)25-19(15)9-20(17)28/h3-4,7-10,12-13,22,28H,5-6,11H2,1-2H3. The second-order valence-corrected chi connectivity index (χ2v) is 7.47. The van der Waals surface area contributed by atoms with E-state index in [9.17, 15) is 5.11 Å². The monoisotopic (exact) mass is 374 g/mol. The molecule has 1 aliphatic rings. The highest BCUT2D eigenvalue weighted by Crippen LogP contribution is 2.32. The smallest absolute Gasteiger partial charge is 0.163 e. The van der Waals surface area contributed by atoms with Crippen molar-refractivity contribution in [3.05, 3.63) is 42.7 Å². The number of nitrogens with zero attached hydrogens (tertiary/aromatic N) is 5. The third kappa shape index (κ3) is 2.93. The fraction of sp³-hybridized carbons (Fsp3) is 0.286. The molecular formula is C21H22N6O. The molecule has 7 heteroatoms. The van der Waals surface area contributed by atoms with Crippen molar-refractivity contribution in [3.8, 4) is 17.1 Å². The van der Waals surface area contributed by atoms with Gasteiger partial charge in [0.2, 0.25) is 0 Å². The molecule has 1 atom stereocenters. The number of rotatable bonds is 2. The van der Waals surface area contributed by atoms with Crippen molar-refractivity contribution in [3.63, 3.8) is 0 Å². The zero-order valence-corrected chi connectivity index (χ0v) is 15.9. The first kappa shape index (κ1) is 16.9. The van der Waals surface area contributed by atoms with E-state index in [4.69, 9.17) is 4.98 Å². The molecule has 28 heavy (non-hydrogen) atoms. The molecule has 1 fully saturated rings. The van der Waals surface area contributed by atoms with Gasteiger partial charge in [0.15, 0.2) is 5.82 Å². The van der Waals surface area contributed by atoms with Gasteiger partial charge in [-0.2, -0.15) is 5.10 Å². The van der Waals surface area contributed by atoms with E-state index in [1.165, 1.54) is 5.69 Å². The van der Waals surface area contributed by atoms with Gasteiger partial charge >= 0.3 is 0 Å². The summed E-state index contributed by atoms with van der Waals surface area (Å²) >= 11 is 0. The molecule has 0 amide bonds. The summed E-state index contributed by atoms with van der Waals surface area (Å²) in [5, 5.41) is 20.2. The van der Waals surface area contributed by atoms with Crippen LogP contribution in [0, 0.1) is 0 Å². The number of nitrogens with one attached hydrogen (secondary N) is 1. The molecule has 1 saturated heterocycles. The Kier molecular flexibility index (Phi) is 3.91. The summed E-state index contributed by atoms with van der Waals surface area (Å²) in [5.74, 6) is 0.649. The first-order chi connectivity index (χ1) is 13.6. The normalized spacial score (nSPS) is 17.5. The third-order valence-electron chi connectivity index (χ3n) is 5.27. The summed E-state index contributed by atoms with van der Waals surface area (Å²) in [6.07, 6.45) is 3.75. The summed E-state index contributed by atoms with van der Waals surface area (Å²) in [5.41, 5.74) is 3.42. The van der Waals surface area contributed by atoms with Gasteiger partial charge in [0.25, 0.3) is 0 Å². The number of phenols is 1. The zero-order chi connectivity index (χ0) is 19.3. The van der Waals surface area contributed by atoms with E-state index in [2.05, 4.69) is 39.4 Å². The van der Waals surface area contributed by atoms with Crippen molar-refractivity contribution in [2.24, 2.45) is 7.05 Å². The molecule has 4 aromatic rings. The molecule has 0 saturated carbocycles. The summed E-state index contributed by atoms with van der Waals surface area (Å²) in [6, 6.07) is 10.3. The lowest BCUT2D eigenvalue weighted by Crippen LogP contribution is -2.49. The summed E-state index contributed by atoms with van der Waals surface area (Å²) in [7, 11) is 1.86. The first-order valence-corrected chi connectivity index (χ1v) is 9.49. The SMILES string of the molecule is CC1CN(c2ccc3nc(-c4cc5cn(C)nc5cc4O)ncc3c2)CCN1. The van der Waals surface area contributed by atoms with Crippen LogP contribution in [0.15, 0.2) is 42.7 Å². The Morgan fingerprint density at radius 2 is 2.04 bits per heavy atom.